The average Bonchev–Trinajstić information content (AvgIpc) is 3.32. The van der Waals surface area contributed by atoms with Crippen molar-refractivity contribution in [3.05, 3.63) is 34.9 Å². The number of benzene rings is 1. The molecule has 2 saturated heterocycles. The van der Waals surface area contributed by atoms with Gasteiger partial charge in [-0.3, -0.25) is 9.69 Å². The van der Waals surface area contributed by atoms with Crippen LogP contribution >= 0.6 is 11.6 Å². The van der Waals surface area contributed by atoms with E-state index in [4.69, 9.17) is 16.3 Å². The lowest BCUT2D eigenvalue weighted by Crippen LogP contribution is -2.45. The molecule has 1 aromatic rings. The lowest BCUT2D eigenvalue weighted by atomic mass is 9.99. The zero-order chi connectivity index (χ0) is 15.8. The van der Waals surface area contributed by atoms with Gasteiger partial charge in [0, 0.05) is 31.2 Å². The van der Waals surface area contributed by atoms with E-state index in [-0.39, 0.29) is 24.0 Å². The first kappa shape index (κ1) is 15.4. The number of nitrogens with one attached hydrogen (secondary N) is 1. The molecule has 2 heterocycles. The number of fused-ring (bicyclic) bond motifs is 2. The van der Waals surface area contributed by atoms with E-state index in [1.54, 1.807) is 0 Å². The van der Waals surface area contributed by atoms with E-state index in [2.05, 4.69) is 22.3 Å². The molecule has 4 rings (SSSR count). The van der Waals surface area contributed by atoms with E-state index in [1.807, 2.05) is 12.1 Å². The molecule has 0 unspecified atom stereocenters. The molecule has 1 aromatic carbocycles. The van der Waals surface area contributed by atoms with Crippen LogP contribution < -0.4 is 5.32 Å². The van der Waals surface area contributed by atoms with Crippen LogP contribution in [0.2, 0.25) is 5.02 Å². The lowest BCUT2D eigenvalue weighted by Gasteiger charge is -2.32. The standard InChI is InChI=1S/C18H23ClN2O2/c19-14-5-3-13(4-6-14)9-21-10-15-7-16(17(11-21)23-15)18(22)20-8-12-1-2-12/h3-6,12,15-17H,1-2,7-11H2,(H,20,22)/t15-,16+,17-/m0/s1. The van der Waals surface area contributed by atoms with E-state index in [9.17, 15) is 4.79 Å². The fraction of sp³-hybridized carbons (Fsp3) is 0.611. The second-order valence-corrected chi connectivity index (χ2v) is 7.58. The SMILES string of the molecule is O=C(NCC1CC1)[C@@H]1C[C@H]2CN(Cc3ccc(Cl)cc3)C[C@@H]1O2. The van der Waals surface area contributed by atoms with Gasteiger partial charge in [-0.05, 0) is 42.9 Å². The molecule has 2 bridgehead atoms. The van der Waals surface area contributed by atoms with Crippen LogP contribution in [0.15, 0.2) is 24.3 Å². The molecule has 1 N–H and O–H groups in total. The molecular weight excluding hydrogens is 312 g/mol. The number of likely N-dealkylation sites (tertiary alicyclic amines) is 1. The van der Waals surface area contributed by atoms with Crippen LogP contribution in [0.25, 0.3) is 0 Å². The van der Waals surface area contributed by atoms with Crippen LogP contribution in [-0.2, 0) is 16.1 Å². The first-order chi connectivity index (χ1) is 11.2. The number of hydrogen-bond donors (Lipinski definition) is 1. The normalized spacial score (nSPS) is 30.4. The first-order valence-corrected chi connectivity index (χ1v) is 8.95. The maximum atomic E-state index is 12.4. The number of carbonyl (C=O) groups excluding carboxylic acids is 1. The first-order valence-electron chi connectivity index (χ1n) is 8.57. The van der Waals surface area contributed by atoms with Gasteiger partial charge in [0.2, 0.25) is 5.91 Å². The van der Waals surface area contributed by atoms with Gasteiger partial charge >= 0.3 is 0 Å². The Labute approximate surface area is 142 Å². The number of hydrogen-bond acceptors (Lipinski definition) is 3. The molecule has 1 aliphatic carbocycles. The summed E-state index contributed by atoms with van der Waals surface area (Å²) in [5.41, 5.74) is 1.26. The fourth-order valence-electron chi connectivity index (χ4n) is 3.69. The van der Waals surface area contributed by atoms with Crippen LogP contribution in [0.1, 0.15) is 24.8 Å². The summed E-state index contributed by atoms with van der Waals surface area (Å²) in [6.07, 6.45) is 3.63. The molecule has 23 heavy (non-hydrogen) atoms. The zero-order valence-electron chi connectivity index (χ0n) is 13.2. The second-order valence-electron chi connectivity index (χ2n) is 7.15. The van der Waals surface area contributed by atoms with E-state index < -0.39 is 0 Å². The third-order valence-electron chi connectivity index (χ3n) is 5.15. The Morgan fingerprint density at radius 2 is 2.04 bits per heavy atom. The van der Waals surface area contributed by atoms with Gasteiger partial charge in [0.25, 0.3) is 0 Å². The van der Waals surface area contributed by atoms with Crippen LogP contribution in [0.4, 0.5) is 0 Å². The van der Waals surface area contributed by atoms with E-state index >= 15 is 0 Å². The Morgan fingerprint density at radius 3 is 2.78 bits per heavy atom. The summed E-state index contributed by atoms with van der Waals surface area (Å²) in [5.74, 6) is 0.939. The van der Waals surface area contributed by atoms with Gasteiger partial charge in [-0.15, -0.1) is 0 Å². The molecule has 124 valence electrons. The third-order valence-corrected chi connectivity index (χ3v) is 5.40. The predicted molar refractivity (Wildman–Crippen MR) is 89.2 cm³/mol. The molecule has 3 atom stereocenters. The Hall–Kier alpha value is -1.10. The molecule has 1 saturated carbocycles. The highest BCUT2D eigenvalue weighted by Crippen LogP contribution is 2.33. The summed E-state index contributed by atoms with van der Waals surface area (Å²) in [4.78, 5) is 14.8. The highest BCUT2D eigenvalue weighted by molar-refractivity contribution is 6.30. The summed E-state index contributed by atoms with van der Waals surface area (Å²) >= 11 is 5.94. The Bertz CT molecular complexity index is 573. The van der Waals surface area contributed by atoms with Crippen LogP contribution in [0, 0.1) is 11.8 Å². The average molecular weight is 335 g/mol. The predicted octanol–water partition coefficient (Wildman–Crippen LogP) is 2.46. The number of morpholine rings is 1. The van der Waals surface area contributed by atoms with Crippen molar-refractivity contribution in [2.24, 2.45) is 11.8 Å². The molecular formula is C18H23ClN2O2. The minimum absolute atomic E-state index is 0.0222. The van der Waals surface area contributed by atoms with Crippen LogP contribution in [-0.4, -0.2) is 42.6 Å². The smallest absolute Gasteiger partial charge is 0.225 e. The maximum absolute atomic E-state index is 12.4. The van der Waals surface area contributed by atoms with E-state index in [0.717, 1.165) is 43.5 Å². The number of nitrogens with zero attached hydrogens (tertiary/aromatic N) is 1. The number of amides is 1. The molecule has 0 radical (unpaired) electrons. The van der Waals surface area contributed by atoms with Crippen molar-refractivity contribution >= 4 is 17.5 Å². The molecule has 2 aliphatic heterocycles. The molecule has 4 nitrogen and oxygen atoms in total. The summed E-state index contributed by atoms with van der Waals surface area (Å²) in [7, 11) is 0. The van der Waals surface area contributed by atoms with Crippen molar-refractivity contribution in [3.8, 4) is 0 Å². The maximum Gasteiger partial charge on any atom is 0.225 e. The number of halogens is 1. The van der Waals surface area contributed by atoms with Gasteiger partial charge in [0.05, 0.1) is 18.1 Å². The minimum Gasteiger partial charge on any atom is -0.371 e. The molecule has 3 fully saturated rings. The van der Waals surface area contributed by atoms with Crippen molar-refractivity contribution in [1.82, 2.24) is 10.2 Å². The number of rotatable bonds is 5. The van der Waals surface area contributed by atoms with E-state index in [0.29, 0.717) is 0 Å². The quantitative estimate of drug-likeness (QED) is 0.899. The van der Waals surface area contributed by atoms with Crippen LogP contribution in [0.3, 0.4) is 0 Å². The van der Waals surface area contributed by atoms with Crippen molar-refractivity contribution in [2.75, 3.05) is 19.6 Å². The molecule has 0 spiro atoms. The van der Waals surface area contributed by atoms with Gasteiger partial charge in [-0.1, -0.05) is 23.7 Å². The van der Waals surface area contributed by atoms with Gasteiger partial charge in [0.15, 0.2) is 0 Å². The van der Waals surface area contributed by atoms with Crippen LogP contribution in [0.5, 0.6) is 0 Å². The van der Waals surface area contributed by atoms with Gasteiger partial charge in [0.1, 0.15) is 0 Å². The highest BCUT2D eigenvalue weighted by atomic mass is 35.5. The van der Waals surface area contributed by atoms with Crippen molar-refractivity contribution in [3.63, 3.8) is 0 Å². The topological polar surface area (TPSA) is 41.6 Å². The third kappa shape index (κ3) is 3.70. The van der Waals surface area contributed by atoms with Crippen molar-refractivity contribution < 1.29 is 9.53 Å². The Morgan fingerprint density at radius 1 is 1.26 bits per heavy atom. The molecule has 3 aliphatic rings. The van der Waals surface area contributed by atoms with Gasteiger partial charge in [-0.25, -0.2) is 0 Å². The molecule has 0 aromatic heterocycles. The second kappa shape index (κ2) is 6.42. The number of ether oxygens (including phenoxy) is 1. The van der Waals surface area contributed by atoms with Crippen molar-refractivity contribution in [2.45, 2.75) is 38.0 Å². The summed E-state index contributed by atoms with van der Waals surface area (Å²) in [6, 6.07) is 8.00. The Balaban J connectivity index is 1.33. The summed E-state index contributed by atoms with van der Waals surface area (Å²) in [5, 5.41) is 3.88. The lowest BCUT2D eigenvalue weighted by molar-refractivity contribution is -0.128. The largest absolute Gasteiger partial charge is 0.371 e. The fourth-order valence-corrected chi connectivity index (χ4v) is 3.81. The zero-order valence-corrected chi connectivity index (χ0v) is 14.0. The summed E-state index contributed by atoms with van der Waals surface area (Å²) in [6.45, 7) is 3.48. The minimum atomic E-state index is 0.0222. The monoisotopic (exact) mass is 334 g/mol. The number of carbonyl (C=O) groups is 1. The van der Waals surface area contributed by atoms with Gasteiger partial charge < -0.3 is 10.1 Å². The Kier molecular flexibility index (Phi) is 4.31. The molecule has 1 amide bonds. The molecule has 5 heteroatoms. The highest BCUT2D eigenvalue weighted by Gasteiger charge is 2.44. The van der Waals surface area contributed by atoms with E-state index in [1.165, 1.54) is 18.4 Å². The summed E-state index contributed by atoms with van der Waals surface area (Å²) < 4.78 is 6.02. The van der Waals surface area contributed by atoms with Gasteiger partial charge in [-0.2, -0.15) is 0 Å². The van der Waals surface area contributed by atoms with Crippen molar-refractivity contribution in [1.29, 1.82) is 0 Å².